The van der Waals surface area contributed by atoms with Gasteiger partial charge < -0.3 is 10.3 Å². The Morgan fingerprint density at radius 3 is 2.55 bits per heavy atom. The van der Waals surface area contributed by atoms with Crippen molar-refractivity contribution in [3.05, 3.63) is 39.0 Å². The minimum atomic E-state index is -3.70. The first-order valence-electron chi connectivity index (χ1n) is 6.95. The Morgan fingerprint density at radius 2 is 1.82 bits per heavy atom. The molecule has 1 aliphatic rings. The summed E-state index contributed by atoms with van der Waals surface area (Å²) < 4.78 is 27.5. The van der Waals surface area contributed by atoms with E-state index in [2.05, 4.69) is 20.0 Å². The maximum Gasteiger partial charge on any atom is 0.326 e. The molecule has 8 nitrogen and oxygen atoms in total. The van der Waals surface area contributed by atoms with Crippen LogP contribution in [-0.4, -0.2) is 37.5 Å². The number of nitrogens with one attached hydrogen (secondary N) is 4. The maximum absolute atomic E-state index is 12.4. The Morgan fingerprint density at radius 1 is 1.09 bits per heavy atom. The number of H-pyrrole nitrogens is 2. The van der Waals surface area contributed by atoms with Gasteiger partial charge in [0.2, 0.25) is 10.0 Å². The van der Waals surface area contributed by atoms with Gasteiger partial charge in [-0.1, -0.05) is 0 Å². The van der Waals surface area contributed by atoms with Crippen molar-refractivity contribution in [2.75, 3.05) is 13.1 Å². The van der Waals surface area contributed by atoms with E-state index in [-0.39, 0.29) is 16.3 Å². The predicted octanol–water partition coefficient (Wildman–Crippen LogP) is -0.753. The number of benzene rings is 1. The average molecular weight is 324 g/mol. The number of aromatic amines is 2. The third-order valence-electron chi connectivity index (χ3n) is 3.68. The Kier molecular flexibility index (Phi) is 3.85. The van der Waals surface area contributed by atoms with Gasteiger partial charge in [-0.3, -0.25) is 9.78 Å². The SMILES string of the molecule is O=c1[nH]c(=O)c2cc(S(=O)(=O)NC3CCNCC3)ccc2[nH]1. The Balaban J connectivity index is 1.98. The van der Waals surface area contributed by atoms with Crippen LogP contribution in [0.1, 0.15) is 12.8 Å². The lowest BCUT2D eigenvalue weighted by molar-refractivity contribution is 0.427. The van der Waals surface area contributed by atoms with E-state index in [0.29, 0.717) is 5.52 Å². The number of hydrogen-bond acceptors (Lipinski definition) is 5. The van der Waals surface area contributed by atoms with Gasteiger partial charge in [-0.05, 0) is 44.1 Å². The van der Waals surface area contributed by atoms with Crippen LogP contribution in [0, 0.1) is 0 Å². The molecule has 1 saturated heterocycles. The summed E-state index contributed by atoms with van der Waals surface area (Å²) in [4.78, 5) is 27.5. The van der Waals surface area contributed by atoms with Crippen molar-refractivity contribution in [3.63, 3.8) is 0 Å². The molecule has 1 aliphatic heterocycles. The average Bonchev–Trinajstić information content (AvgIpc) is 2.47. The highest BCUT2D eigenvalue weighted by atomic mass is 32.2. The quantitative estimate of drug-likeness (QED) is 0.591. The van der Waals surface area contributed by atoms with Crippen molar-refractivity contribution in [3.8, 4) is 0 Å². The molecule has 1 aromatic heterocycles. The van der Waals surface area contributed by atoms with Gasteiger partial charge in [-0.15, -0.1) is 0 Å². The molecule has 0 bridgehead atoms. The van der Waals surface area contributed by atoms with Gasteiger partial charge in [0.25, 0.3) is 5.56 Å². The summed E-state index contributed by atoms with van der Waals surface area (Å²) in [6.45, 7) is 1.54. The van der Waals surface area contributed by atoms with Crippen molar-refractivity contribution in [2.45, 2.75) is 23.8 Å². The smallest absolute Gasteiger partial charge is 0.317 e. The highest BCUT2D eigenvalue weighted by Crippen LogP contribution is 2.15. The molecule has 0 unspecified atom stereocenters. The molecule has 22 heavy (non-hydrogen) atoms. The molecule has 4 N–H and O–H groups in total. The lowest BCUT2D eigenvalue weighted by Crippen LogP contribution is -2.42. The second-order valence-electron chi connectivity index (χ2n) is 5.26. The number of fused-ring (bicyclic) bond motifs is 1. The molecule has 118 valence electrons. The fourth-order valence-electron chi connectivity index (χ4n) is 2.54. The van der Waals surface area contributed by atoms with E-state index in [0.717, 1.165) is 25.9 Å². The van der Waals surface area contributed by atoms with E-state index in [1.807, 2.05) is 0 Å². The van der Waals surface area contributed by atoms with Gasteiger partial charge in [0.05, 0.1) is 15.8 Å². The molecule has 0 spiro atoms. The Hall–Kier alpha value is -1.97. The molecule has 2 heterocycles. The third kappa shape index (κ3) is 2.96. The second kappa shape index (κ2) is 5.67. The summed E-state index contributed by atoms with van der Waals surface area (Å²) >= 11 is 0. The lowest BCUT2D eigenvalue weighted by atomic mass is 10.1. The summed E-state index contributed by atoms with van der Waals surface area (Å²) in [6.07, 6.45) is 1.45. The molecular formula is C13H16N4O4S. The molecule has 0 atom stereocenters. The zero-order valence-corrected chi connectivity index (χ0v) is 12.5. The Labute approximate surface area is 126 Å². The number of aromatic nitrogens is 2. The first-order chi connectivity index (χ1) is 10.5. The number of rotatable bonds is 3. The standard InChI is InChI=1S/C13H16N4O4S/c18-12-10-7-9(1-2-11(10)15-13(19)16-12)22(20,21)17-8-3-5-14-6-4-8/h1-2,7-8,14,17H,3-6H2,(H2,15,16,18,19). The van der Waals surface area contributed by atoms with Gasteiger partial charge in [0.1, 0.15) is 0 Å². The van der Waals surface area contributed by atoms with Gasteiger partial charge in [0.15, 0.2) is 0 Å². The maximum atomic E-state index is 12.4. The second-order valence-corrected chi connectivity index (χ2v) is 6.98. The van der Waals surface area contributed by atoms with Crippen LogP contribution in [0.4, 0.5) is 0 Å². The van der Waals surface area contributed by atoms with Crippen molar-refractivity contribution in [2.24, 2.45) is 0 Å². The summed E-state index contributed by atoms with van der Waals surface area (Å²) in [6, 6.07) is 3.95. The van der Waals surface area contributed by atoms with Crippen LogP contribution in [0.2, 0.25) is 0 Å². The van der Waals surface area contributed by atoms with Crippen LogP contribution in [0.25, 0.3) is 10.9 Å². The van der Waals surface area contributed by atoms with Crippen LogP contribution in [0.5, 0.6) is 0 Å². The summed E-state index contributed by atoms with van der Waals surface area (Å²) in [5.41, 5.74) is -0.937. The molecule has 0 amide bonds. The first kappa shape index (κ1) is 14.9. The van der Waals surface area contributed by atoms with E-state index in [1.165, 1.54) is 18.2 Å². The van der Waals surface area contributed by atoms with E-state index in [1.54, 1.807) is 0 Å². The normalized spacial score (nSPS) is 16.9. The fraction of sp³-hybridized carbons (Fsp3) is 0.385. The zero-order chi connectivity index (χ0) is 15.7. The van der Waals surface area contributed by atoms with E-state index >= 15 is 0 Å². The number of sulfonamides is 1. The van der Waals surface area contributed by atoms with Crippen molar-refractivity contribution in [1.82, 2.24) is 20.0 Å². The molecule has 0 saturated carbocycles. The van der Waals surface area contributed by atoms with Crippen molar-refractivity contribution >= 4 is 20.9 Å². The van der Waals surface area contributed by atoms with Crippen LogP contribution < -0.4 is 21.3 Å². The monoisotopic (exact) mass is 324 g/mol. The number of piperidine rings is 1. The van der Waals surface area contributed by atoms with Crippen molar-refractivity contribution < 1.29 is 8.42 Å². The lowest BCUT2D eigenvalue weighted by Gasteiger charge is -2.23. The third-order valence-corrected chi connectivity index (χ3v) is 5.20. The van der Waals surface area contributed by atoms with Gasteiger partial charge in [-0.2, -0.15) is 0 Å². The van der Waals surface area contributed by atoms with Crippen LogP contribution in [0.3, 0.4) is 0 Å². The molecule has 2 aromatic rings. The largest absolute Gasteiger partial charge is 0.326 e. The molecule has 1 fully saturated rings. The predicted molar refractivity (Wildman–Crippen MR) is 81.4 cm³/mol. The number of hydrogen-bond donors (Lipinski definition) is 4. The van der Waals surface area contributed by atoms with Gasteiger partial charge in [-0.25, -0.2) is 17.9 Å². The molecular weight excluding hydrogens is 308 g/mol. The molecule has 9 heteroatoms. The van der Waals surface area contributed by atoms with Crippen LogP contribution in [0.15, 0.2) is 32.7 Å². The molecule has 3 rings (SSSR count). The summed E-state index contributed by atoms with van der Waals surface area (Å²) in [5.74, 6) is 0. The van der Waals surface area contributed by atoms with Crippen LogP contribution in [-0.2, 0) is 10.0 Å². The van der Waals surface area contributed by atoms with Crippen molar-refractivity contribution in [1.29, 1.82) is 0 Å². The fourth-order valence-corrected chi connectivity index (χ4v) is 3.87. The summed E-state index contributed by atoms with van der Waals surface area (Å²) in [5, 5.41) is 3.30. The van der Waals surface area contributed by atoms with E-state index in [9.17, 15) is 18.0 Å². The highest BCUT2D eigenvalue weighted by molar-refractivity contribution is 7.89. The first-order valence-corrected chi connectivity index (χ1v) is 8.43. The Bertz CT molecular complexity index is 910. The molecule has 0 aliphatic carbocycles. The van der Waals surface area contributed by atoms with Gasteiger partial charge in [0, 0.05) is 6.04 Å². The molecule has 0 radical (unpaired) electrons. The zero-order valence-electron chi connectivity index (χ0n) is 11.7. The van der Waals surface area contributed by atoms with E-state index < -0.39 is 21.3 Å². The van der Waals surface area contributed by atoms with E-state index in [4.69, 9.17) is 0 Å². The minimum Gasteiger partial charge on any atom is -0.317 e. The topological polar surface area (TPSA) is 124 Å². The van der Waals surface area contributed by atoms with Gasteiger partial charge >= 0.3 is 5.69 Å². The minimum absolute atomic E-state index is 0.0103. The molecule has 1 aromatic carbocycles. The highest BCUT2D eigenvalue weighted by Gasteiger charge is 2.22. The summed E-state index contributed by atoms with van der Waals surface area (Å²) in [7, 11) is -3.70. The van der Waals surface area contributed by atoms with Crippen LogP contribution >= 0.6 is 0 Å².